The van der Waals surface area contributed by atoms with Crippen molar-refractivity contribution in [2.45, 2.75) is 45.2 Å². The van der Waals surface area contributed by atoms with E-state index in [2.05, 4.69) is 34.7 Å². The van der Waals surface area contributed by atoms with Gasteiger partial charge in [-0.1, -0.05) is 22.4 Å². The fourth-order valence-electron chi connectivity index (χ4n) is 1.87. The minimum absolute atomic E-state index is 0.720. The van der Waals surface area contributed by atoms with E-state index in [0.717, 1.165) is 17.4 Å². The van der Waals surface area contributed by atoms with Crippen molar-refractivity contribution in [3.05, 3.63) is 0 Å². The molecule has 0 spiro atoms. The largest absolute Gasteiger partial charge is 0.297 e. The maximum Gasteiger partial charge on any atom is 0.0195 e. The first kappa shape index (κ1) is 9.53. The van der Waals surface area contributed by atoms with Gasteiger partial charge in [0.1, 0.15) is 0 Å². The summed E-state index contributed by atoms with van der Waals surface area (Å²) in [5.74, 6) is 0. The molecule has 2 heteroatoms. The topological polar surface area (TPSA) is 3.24 Å². The predicted molar refractivity (Wildman–Crippen MR) is 53.3 cm³/mol. The van der Waals surface area contributed by atoms with E-state index >= 15 is 0 Å². The van der Waals surface area contributed by atoms with Gasteiger partial charge in [-0.3, -0.25) is 4.90 Å². The van der Waals surface area contributed by atoms with Crippen LogP contribution in [-0.4, -0.2) is 28.9 Å². The van der Waals surface area contributed by atoms with E-state index in [-0.39, 0.29) is 0 Å². The molecule has 1 saturated heterocycles. The van der Waals surface area contributed by atoms with Gasteiger partial charge >= 0.3 is 0 Å². The van der Waals surface area contributed by atoms with Crippen molar-refractivity contribution >= 4 is 15.9 Å². The maximum atomic E-state index is 3.58. The van der Waals surface area contributed by atoms with E-state index in [9.17, 15) is 0 Å². The Morgan fingerprint density at radius 2 is 2.18 bits per heavy atom. The van der Waals surface area contributed by atoms with Gasteiger partial charge in [-0.15, -0.1) is 0 Å². The average Bonchev–Trinajstić information content (AvgIpc) is 2.04. The molecule has 1 atom stereocenters. The van der Waals surface area contributed by atoms with Crippen molar-refractivity contribution < 1.29 is 0 Å². The zero-order valence-electron chi connectivity index (χ0n) is 7.52. The second kappa shape index (κ2) is 4.46. The molecule has 66 valence electrons. The number of hydrogen-bond donors (Lipinski definition) is 0. The van der Waals surface area contributed by atoms with Crippen LogP contribution in [0.1, 0.15) is 33.1 Å². The number of nitrogens with zero attached hydrogens (tertiary/aromatic N) is 1. The van der Waals surface area contributed by atoms with E-state index in [1.54, 1.807) is 0 Å². The molecule has 0 bridgehead atoms. The van der Waals surface area contributed by atoms with Crippen LogP contribution in [0.2, 0.25) is 0 Å². The van der Waals surface area contributed by atoms with Crippen LogP contribution < -0.4 is 0 Å². The van der Waals surface area contributed by atoms with Crippen molar-refractivity contribution in [1.82, 2.24) is 4.90 Å². The van der Waals surface area contributed by atoms with Crippen molar-refractivity contribution in [2.75, 3.05) is 11.9 Å². The molecule has 1 aliphatic rings. The Morgan fingerprint density at radius 3 is 2.64 bits per heavy atom. The minimum Gasteiger partial charge on any atom is -0.297 e. The lowest BCUT2D eigenvalue weighted by Gasteiger charge is -2.37. The molecule has 1 rings (SSSR count). The molecule has 0 N–H and O–H groups in total. The summed E-state index contributed by atoms with van der Waals surface area (Å²) in [6.45, 7) is 5.88. The second-order valence-corrected chi connectivity index (χ2v) is 4.28. The number of piperidine rings is 1. The highest BCUT2D eigenvalue weighted by Crippen LogP contribution is 2.20. The Morgan fingerprint density at radius 1 is 1.45 bits per heavy atom. The van der Waals surface area contributed by atoms with Crippen molar-refractivity contribution in [3.8, 4) is 0 Å². The van der Waals surface area contributed by atoms with Crippen LogP contribution in [0.3, 0.4) is 0 Å². The summed E-state index contributed by atoms with van der Waals surface area (Å²) >= 11 is 3.58. The van der Waals surface area contributed by atoms with Gasteiger partial charge in [-0.25, -0.2) is 0 Å². The van der Waals surface area contributed by atoms with Crippen LogP contribution in [0.25, 0.3) is 0 Å². The minimum atomic E-state index is 0.720. The van der Waals surface area contributed by atoms with Crippen molar-refractivity contribution in [2.24, 2.45) is 0 Å². The van der Waals surface area contributed by atoms with Gasteiger partial charge in [0, 0.05) is 17.4 Å². The van der Waals surface area contributed by atoms with Crippen LogP contribution in [0, 0.1) is 0 Å². The van der Waals surface area contributed by atoms with Crippen molar-refractivity contribution in [3.63, 3.8) is 0 Å². The summed E-state index contributed by atoms with van der Waals surface area (Å²) in [6.07, 6.45) is 4.19. The first-order valence-electron chi connectivity index (χ1n) is 4.57. The van der Waals surface area contributed by atoms with Crippen LogP contribution in [-0.2, 0) is 0 Å². The van der Waals surface area contributed by atoms with Gasteiger partial charge in [0.2, 0.25) is 0 Å². The molecule has 0 aromatic carbocycles. The molecule has 1 fully saturated rings. The number of halogens is 1. The summed E-state index contributed by atoms with van der Waals surface area (Å²) < 4.78 is 0. The number of alkyl halides is 1. The average molecular weight is 220 g/mol. The van der Waals surface area contributed by atoms with E-state index in [0.29, 0.717) is 0 Å². The molecule has 0 aromatic heterocycles. The Balaban J connectivity index is 2.44. The van der Waals surface area contributed by atoms with Crippen LogP contribution >= 0.6 is 15.9 Å². The highest BCUT2D eigenvalue weighted by atomic mass is 79.9. The quantitative estimate of drug-likeness (QED) is 0.646. The number of likely N-dealkylation sites (tertiary alicyclic amines) is 1. The summed E-state index contributed by atoms with van der Waals surface area (Å²) in [5, 5.41) is 1.14. The Bertz CT molecular complexity index is 114. The fourth-order valence-corrected chi connectivity index (χ4v) is 2.56. The molecular formula is C9H18BrN. The normalized spacial score (nSPS) is 27.8. The molecule has 0 aliphatic carbocycles. The van der Waals surface area contributed by atoms with Crippen LogP contribution in [0.5, 0.6) is 0 Å². The predicted octanol–water partition coefficient (Wildman–Crippen LogP) is 2.64. The lowest BCUT2D eigenvalue weighted by molar-refractivity contribution is 0.127. The molecule has 0 unspecified atom stereocenters. The summed E-state index contributed by atoms with van der Waals surface area (Å²) in [5.41, 5.74) is 0. The Kier molecular flexibility index (Phi) is 3.86. The monoisotopic (exact) mass is 219 g/mol. The summed E-state index contributed by atoms with van der Waals surface area (Å²) in [4.78, 5) is 2.61. The Hall–Kier alpha value is 0.440. The van der Waals surface area contributed by atoms with Crippen LogP contribution in [0.15, 0.2) is 0 Å². The molecule has 0 radical (unpaired) electrons. The highest BCUT2D eigenvalue weighted by molar-refractivity contribution is 9.09. The summed E-state index contributed by atoms with van der Waals surface area (Å²) in [6, 6.07) is 1.52. The third kappa shape index (κ3) is 2.45. The number of rotatable bonds is 2. The third-order valence-electron chi connectivity index (χ3n) is 2.51. The van der Waals surface area contributed by atoms with Gasteiger partial charge < -0.3 is 0 Å². The van der Waals surface area contributed by atoms with Crippen molar-refractivity contribution in [1.29, 1.82) is 0 Å². The van der Waals surface area contributed by atoms with E-state index < -0.39 is 0 Å². The van der Waals surface area contributed by atoms with E-state index in [1.807, 2.05) is 0 Å². The molecular weight excluding hydrogens is 202 g/mol. The maximum absolute atomic E-state index is 3.58. The fraction of sp³-hybridized carbons (Fsp3) is 1.00. The van der Waals surface area contributed by atoms with Gasteiger partial charge in [-0.2, -0.15) is 0 Å². The molecule has 1 nitrogen and oxygen atoms in total. The van der Waals surface area contributed by atoms with E-state index in [1.165, 1.54) is 25.8 Å². The second-order valence-electron chi connectivity index (χ2n) is 3.64. The molecule has 0 amide bonds. The third-order valence-corrected chi connectivity index (χ3v) is 3.26. The van der Waals surface area contributed by atoms with Gasteiger partial charge in [0.05, 0.1) is 0 Å². The standard InChI is InChI=1S/C9H18BrN/c1-8(2)11-6-4-3-5-9(11)7-10/h8-9H,3-7H2,1-2H3/t9-/m0/s1. The van der Waals surface area contributed by atoms with Gasteiger partial charge in [0.15, 0.2) is 0 Å². The molecule has 1 aliphatic heterocycles. The SMILES string of the molecule is CC(C)N1CCCC[C@H]1CBr. The number of hydrogen-bond acceptors (Lipinski definition) is 1. The first-order valence-corrected chi connectivity index (χ1v) is 5.69. The zero-order chi connectivity index (χ0) is 8.27. The lowest BCUT2D eigenvalue weighted by atomic mass is 10.0. The Labute approximate surface area is 78.3 Å². The lowest BCUT2D eigenvalue weighted by Crippen LogP contribution is -2.44. The zero-order valence-corrected chi connectivity index (χ0v) is 9.10. The molecule has 0 aromatic rings. The van der Waals surface area contributed by atoms with E-state index in [4.69, 9.17) is 0 Å². The molecule has 0 saturated carbocycles. The van der Waals surface area contributed by atoms with Gasteiger partial charge in [-0.05, 0) is 33.2 Å². The highest BCUT2D eigenvalue weighted by Gasteiger charge is 2.22. The summed E-state index contributed by atoms with van der Waals surface area (Å²) in [7, 11) is 0. The van der Waals surface area contributed by atoms with Crippen LogP contribution in [0.4, 0.5) is 0 Å². The molecule has 11 heavy (non-hydrogen) atoms. The smallest absolute Gasteiger partial charge is 0.0195 e. The van der Waals surface area contributed by atoms with Gasteiger partial charge in [0.25, 0.3) is 0 Å². The first-order chi connectivity index (χ1) is 5.25. The molecule has 1 heterocycles.